The van der Waals surface area contributed by atoms with E-state index in [-0.39, 0.29) is 12.5 Å². The number of rotatable bonds is 4. The highest BCUT2D eigenvalue weighted by atomic mass is 16.6. The van der Waals surface area contributed by atoms with E-state index in [2.05, 4.69) is 4.98 Å². The zero-order valence-electron chi connectivity index (χ0n) is 11.8. The summed E-state index contributed by atoms with van der Waals surface area (Å²) < 4.78 is 10.7. The Kier molecular flexibility index (Phi) is 4.79. The van der Waals surface area contributed by atoms with Gasteiger partial charge >= 0.3 is 6.09 Å². The zero-order valence-corrected chi connectivity index (χ0v) is 11.8. The Bertz CT molecular complexity index is 476. The fourth-order valence-corrected chi connectivity index (χ4v) is 1.88. The van der Waals surface area contributed by atoms with Gasteiger partial charge in [-0.3, -0.25) is 4.90 Å². The van der Waals surface area contributed by atoms with Crippen molar-refractivity contribution in [2.75, 3.05) is 31.3 Å². The molecule has 20 heavy (non-hydrogen) atoms. The van der Waals surface area contributed by atoms with Crippen LogP contribution in [-0.4, -0.2) is 42.5 Å². The second-order valence-electron chi connectivity index (χ2n) is 5.07. The van der Waals surface area contributed by atoms with Gasteiger partial charge in [0.1, 0.15) is 6.61 Å². The maximum absolute atomic E-state index is 12.1. The maximum Gasteiger partial charge on any atom is 0.415 e. The normalized spacial score (nSPS) is 13.9. The molecule has 2 heterocycles. The van der Waals surface area contributed by atoms with Gasteiger partial charge in [-0.2, -0.15) is 0 Å². The largest absolute Gasteiger partial charge is 0.488 e. The summed E-state index contributed by atoms with van der Waals surface area (Å²) in [6.45, 7) is 5.20. The van der Waals surface area contributed by atoms with Gasteiger partial charge in [0, 0.05) is 18.7 Å². The molecule has 0 bridgehead atoms. The molecule has 0 saturated carbocycles. The van der Waals surface area contributed by atoms with E-state index >= 15 is 0 Å². The molecule has 0 unspecified atom stereocenters. The van der Waals surface area contributed by atoms with Crippen molar-refractivity contribution in [3.8, 4) is 5.75 Å². The Morgan fingerprint density at radius 3 is 3.05 bits per heavy atom. The van der Waals surface area contributed by atoms with Crippen LogP contribution in [0.15, 0.2) is 12.1 Å². The highest BCUT2D eigenvalue weighted by Gasteiger charge is 2.26. The Morgan fingerprint density at radius 2 is 2.35 bits per heavy atom. The number of fused-ring (bicyclic) bond motifs is 1. The van der Waals surface area contributed by atoms with Crippen LogP contribution < -0.4 is 9.64 Å². The minimum absolute atomic E-state index is 0.0183. The summed E-state index contributed by atoms with van der Waals surface area (Å²) in [5.74, 6) is 1.32. The number of amides is 1. The summed E-state index contributed by atoms with van der Waals surface area (Å²) in [5, 5.41) is 8.97. The monoisotopic (exact) mass is 280 g/mol. The van der Waals surface area contributed by atoms with Crippen LogP contribution in [0.5, 0.6) is 5.75 Å². The minimum Gasteiger partial charge on any atom is -0.488 e. The van der Waals surface area contributed by atoms with E-state index < -0.39 is 6.09 Å². The number of hydrogen-bond acceptors (Lipinski definition) is 5. The first-order chi connectivity index (χ1) is 9.61. The molecule has 1 aromatic heterocycles. The molecule has 0 aromatic carbocycles. The fraction of sp³-hybridized carbons (Fsp3) is 0.571. The van der Waals surface area contributed by atoms with Crippen LogP contribution in [0, 0.1) is 5.92 Å². The van der Waals surface area contributed by atoms with Crippen molar-refractivity contribution < 1.29 is 19.4 Å². The van der Waals surface area contributed by atoms with Crippen molar-refractivity contribution in [2.45, 2.75) is 20.3 Å². The summed E-state index contributed by atoms with van der Waals surface area (Å²) >= 11 is 0. The lowest BCUT2D eigenvalue weighted by atomic mass is 10.2. The van der Waals surface area contributed by atoms with Crippen molar-refractivity contribution in [2.24, 2.45) is 5.92 Å². The lowest BCUT2D eigenvalue weighted by Crippen LogP contribution is -2.39. The SMILES string of the molecule is CC(C)COC(=O)N1CCOc2ccc(CCO)nc21. The first kappa shape index (κ1) is 14.6. The maximum atomic E-state index is 12.1. The minimum atomic E-state index is -0.406. The molecule has 0 atom stereocenters. The molecule has 6 heteroatoms. The van der Waals surface area contributed by atoms with E-state index in [0.29, 0.717) is 37.7 Å². The predicted molar refractivity (Wildman–Crippen MR) is 74.1 cm³/mol. The van der Waals surface area contributed by atoms with Crippen LogP contribution in [-0.2, 0) is 11.2 Å². The molecule has 1 N–H and O–H groups in total. The third-order valence-electron chi connectivity index (χ3n) is 2.85. The Labute approximate surface area is 118 Å². The number of hydrogen-bond donors (Lipinski definition) is 1. The molecule has 0 aliphatic carbocycles. The first-order valence-corrected chi connectivity index (χ1v) is 6.79. The molecule has 0 fully saturated rings. The molecule has 1 aliphatic heterocycles. The molecule has 1 amide bonds. The number of ether oxygens (including phenoxy) is 2. The topological polar surface area (TPSA) is 71.9 Å². The van der Waals surface area contributed by atoms with Crippen LogP contribution in [0.4, 0.5) is 10.6 Å². The first-order valence-electron chi connectivity index (χ1n) is 6.79. The Morgan fingerprint density at radius 1 is 1.55 bits per heavy atom. The molecular formula is C14H20N2O4. The molecule has 2 rings (SSSR count). The molecule has 0 radical (unpaired) electrons. The molecule has 1 aliphatic rings. The molecule has 0 spiro atoms. The molecular weight excluding hydrogens is 260 g/mol. The second kappa shape index (κ2) is 6.56. The van der Waals surface area contributed by atoms with E-state index in [1.54, 1.807) is 12.1 Å². The quantitative estimate of drug-likeness (QED) is 0.907. The highest BCUT2D eigenvalue weighted by Crippen LogP contribution is 2.30. The summed E-state index contributed by atoms with van der Waals surface area (Å²) in [5.41, 5.74) is 0.721. The highest BCUT2D eigenvalue weighted by molar-refractivity contribution is 5.88. The van der Waals surface area contributed by atoms with Gasteiger partial charge in [-0.15, -0.1) is 0 Å². The summed E-state index contributed by atoms with van der Waals surface area (Å²) in [6, 6.07) is 3.56. The number of aliphatic hydroxyl groups is 1. The van der Waals surface area contributed by atoms with Gasteiger partial charge in [0.25, 0.3) is 0 Å². The standard InChI is InChI=1S/C14H20N2O4/c1-10(2)9-20-14(18)16-6-8-19-12-4-3-11(5-7-17)15-13(12)16/h3-4,10,17H,5-9H2,1-2H3. The van der Waals surface area contributed by atoms with Crippen molar-refractivity contribution in [1.29, 1.82) is 0 Å². The lowest BCUT2D eigenvalue weighted by Gasteiger charge is -2.28. The summed E-state index contributed by atoms with van der Waals surface area (Å²) in [6.07, 6.45) is 0.0409. The van der Waals surface area contributed by atoms with Crippen molar-refractivity contribution >= 4 is 11.9 Å². The van der Waals surface area contributed by atoms with E-state index in [4.69, 9.17) is 14.6 Å². The van der Waals surface area contributed by atoms with Crippen LogP contribution in [0.1, 0.15) is 19.5 Å². The van der Waals surface area contributed by atoms with E-state index in [0.717, 1.165) is 5.69 Å². The zero-order chi connectivity index (χ0) is 14.5. The third-order valence-corrected chi connectivity index (χ3v) is 2.85. The molecule has 110 valence electrons. The van der Waals surface area contributed by atoms with Crippen molar-refractivity contribution in [1.82, 2.24) is 4.98 Å². The fourth-order valence-electron chi connectivity index (χ4n) is 1.88. The number of aliphatic hydroxyl groups excluding tert-OH is 1. The summed E-state index contributed by atoms with van der Waals surface area (Å²) in [7, 11) is 0. The molecule has 0 saturated heterocycles. The van der Waals surface area contributed by atoms with E-state index in [9.17, 15) is 4.79 Å². The predicted octanol–water partition coefficient (Wildman–Crippen LogP) is 1.61. The molecule has 6 nitrogen and oxygen atoms in total. The third kappa shape index (κ3) is 3.39. The Balaban J connectivity index is 2.17. The van der Waals surface area contributed by atoms with E-state index in [1.165, 1.54) is 4.90 Å². The van der Waals surface area contributed by atoms with Crippen LogP contribution >= 0.6 is 0 Å². The number of carbonyl (C=O) groups is 1. The van der Waals surface area contributed by atoms with Gasteiger partial charge in [-0.05, 0) is 18.1 Å². The van der Waals surface area contributed by atoms with Gasteiger partial charge in [0.05, 0.1) is 13.2 Å². The van der Waals surface area contributed by atoms with Crippen LogP contribution in [0.25, 0.3) is 0 Å². The number of anilines is 1. The van der Waals surface area contributed by atoms with Crippen molar-refractivity contribution in [3.05, 3.63) is 17.8 Å². The van der Waals surface area contributed by atoms with Gasteiger partial charge in [-0.1, -0.05) is 13.8 Å². The average molecular weight is 280 g/mol. The van der Waals surface area contributed by atoms with E-state index in [1.807, 2.05) is 13.8 Å². The summed E-state index contributed by atoms with van der Waals surface area (Å²) in [4.78, 5) is 18.0. The smallest absolute Gasteiger partial charge is 0.415 e. The second-order valence-corrected chi connectivity index (χ2v) is 5.07. The Hall–Kier alpha value is -1.82. The van der Waals surface area contributed by atoms with Gasteiger partial charge in [0.15, 0.2) is 11.6 Å². The van der Waals surface area contributed by atoms with Gasteiger partial charge < -0.3 is 14.6 Å². The van der Waals surface area contributed by atoms with Crippen LogP contribution in [0.3, 0.4) is 0 Å². The molecule has 1 aromatic rings. The van der Waals surface area contributed by atoms with Crippen molar-refractivity contribution in [3.63, 3.8) is 0 Å². The lowest BCUT2D eigenvalue weighted by molar-refractivity contribution is 0.137. The number of carbonyl (C=O) groups excluding carboxylic acids is 1. The van der Waals surface area contributed by atoms with Crippen LogP contribution in [0.2, 0.25) is 0 Å². The average Bonchev–Trinajstić information content (AvgIpc) is 2.44. The number of aromatic nitrogens is 1. The van der Waals surface area contributed by atoms with Gasteiger partial charge in [0.2, 0.25) is 0 Å². The number of nitrogens with zero attached hydrogens (tertiary/aromatic N) is 2. The van der Waals surface area contributed by atoms with Gasteiger partial charge in [-0.25, -0.2) is 9.78 Å². The number of pyridine rings is 1.